The number of ether oxygens (including phenoxy) is 1. The first-order valence-corrected chi connectivity index (χ1v) is 7.97. The second-order valence-electron chi connectivity index (χ2n) is 6.13. The molecule has 7 heteroatoms. The quantitative estimate of drug-likeness (QED) is 0.899. The van der Waals surface area contributed by atoms with Crippen LogP contribution in [0.3, 0.4) is 0 Å². The lowest BCUT2D eigenvalue weighted by atomic mass is 9.94. The topological polar surface area (TPSA) is 67.9 Å². The first-order chi connectivity index (χ1) is 11.4. The Kier molecular flexibility index (Phi) is 4.59. The number of fused-ring (bicyclic) bond motifs is 1. The Labute approximate surface area is 138 Å². The molecule has 0 spiro atoms. The van der Waals surface area contributed by atoms with Crippen molar-refractivity contribution in [3.05, 3.63) is 24.2 Å². The maximum atomic E-state index is 13.3. The van der Waals surface area contributed by atoms with Gasteiger partial charge in [0.25, 0.3) is 0 Å². The van der Waals surface area contributed by atoms with Crippen LogP contribution < -0.4 is 4.74 Å². The lowest BCUT2D eigenvalue weighted by Gasteiger charge is -2.28. The summed E-state index contributed by atoms with van der Waals surface area (Å²) < 4.78 is 32.4. The highest BCUT2D eigenvalue weighted by Gasteiger charge is 2.36. The van der Waals surface area contributed by atoms with Gasteiger partial charge in [0.15, 0.2) is 0 Å². The Bertz CT molecular complexity index is 760. The summed E-state index contributed by atoms with van der Waals surface area (Å²) in [5.41, 5.74) is 1.42. The summed E-state index contributed by atoms with van der Waals surface area (Å²) in [6.07, 6.45) is 7.08. The maximum Gasteiger partial charge on any atom is 0.248 e. The molecule has 3 rings (SSSR count). The third kappa shape index (κ3) is 3.77. The summed E-state index contributed by atoms with van der Waals surface area (Å²) in [6.45, 7) is 1.52. The Morgan fingerprint density at radius 2 is 2.17 bits per heavy atom. The van der Waals surface area contributed by atoms with Crippen LogP contribution in [0.5, 0.6) is 5.88 Å². The molecule has 2 aromatic heterocycles. The van der Waals surface area contributed by atoms with Gasteiger partial charge < -0.3 is 9.72 Å². The van der Waals surface area contributed by atoms with E-state index >= 15 is 0 Å². The highest BCUT2D eigenvalue weighted by atomic mass is 19.3. The molecule has 1 N–H and O–H groups in total. The average Bonchev–Trinajstić information content (AvgIpc) is 2.93. The van der Waals surface area contributed by atoms with E-state index in [9.17, 15) is 13.6 Å². The molecule has 5 nitrogen and oxygen atoms in total. The maximum absolute atomic E-state index is 13.3. The van der Waals surface area contributed by atoms with E-state index in [2.05, 4.69) is 15.0 Å². The molecule has 0 aromatic carbocycles. The van der Waals surface area contributed by atoms with Gasteiger partial charge in [-0.15, -0.1) is 0 Å². The number of allylic oxidation sites excluding steroid dienone is 1. The second kappa shape index (κ2) is 6.67. The van der Waals surface area contributed by atoms with Crippen molar-refractivity contribution in [2.24, 2.45) is 0 Å². The minimum atomic E-state index is -2.59. The third-order valence-electron chi connectivity index (χ3n) is 4.11. The van der Waals surface area contributed by atoms with Crippen molar-refractivity contribution in [1.82, 2.24) is 15.0 Å². The first kappa shape index (κ1) is 16.5. The van der Waals surface area contributed by atoms with Gasteiger partial charge in [0.05, 0.1) is 5.39 Å². The molecular weight excluding hydrogens is 316 g/mol. The number of rotatable bonds is 5. The molecule has 1 aliphatic rings. The standard InChI is InChI=1S/C17H19F2N3O2/c1-11(23)3-2-4-12-9-20-15-14(12)16(22-10-21-15)24-13-5-7-17(18,19)8-6-13/h2,4,9-10,13H,3,5-8H2,1H3,(H,20,21,22)/b4-2+. The number of alkyl halides is 2. The predicted octanol–water partition coefficient (Wildman–Crippen LogP) is 3.91. The molecule has 0 atom stereocenters. The molecule has 0 bridgehead atoms. The zero-order valence-electron chi connectivity index (χ0n) is 13.4. The van der Waals surface area contributed by atoms with Crippen LogP contribution in [-0.2, 0) is 4.79 Å². The zero-order valence-corrected chi connectivity index (χ0v) is 13.4. The number of hydrogen-bond acceptors (Lipinski definition) is 4. The molecule has 0 aliphatic heterocycles. The number of H-pyrrole nitrogens is 1. The summed E-state index contributed by atoms with van der Waals surface area (Å²) in [5, 5.41) is 0.703. The van der Waals surface area contributed by atoms with Gasteiger partial charge in [-0.25, -0.2) is 18.7 Å². The van der Waals surface area contributed by atoms with E-state index in [1.54, 1.807) is 12.3 Å². The molecule has 2 heterocycles. The third-order valence-corrected chi connectivity index (χ3v) is 4.11. The minimum absolute atomic E-state index is 0.0712. The van der Waals surface area contributed by atoms with E-state index in [0.29, 0.717) is 36.2 Å². The van der Waals surface area contributed by atoms with Crippen molar-refractivity contribution in [1.29, 1.82) is 0 Å². The lowest BCUT2D eigenvalue weighted by Crippen LogP contribution is -2.31. The van der Waals surface area contributed by atoms with Crippen LogP contribution in [0.25, 0.3) is 17.1 Å². The van der Waals surface area contributed by atoms with Gasteiger partial charge in [0.2, 0.25) is 11.8 Å². The van der Waals surface area contributed by atoms with Gasteiger partial charge in [0, 0.05) is 31.0 Å². The molecule has 0 amide bonds. The van der Waals surface area contributed by atoms with E-state index in [0.717, 1.165) is 5.56 Å². The number of carbonyl (C=O) groups is 1. The molecule has 0 radical (unpaired) electrons. The molecule has 0 unspecified atom stereocenters. The Morgan fingerprint density at radius 3 is 2.88 bits per heavy atom. The van der Waals surface area contributed by atoms with Gasteiger partial charge in [-0.1, -0.05) is 12.2 Å². The highest BCUT2D eigenvalue weighted by molar-refractivity contribution is 5.90. The van der Waals surface area contributed by atoms with Crippen LogP contribution in [0.15, 0.2) is 18.6 Å². The molecule has 1 saturated carbocycles. The number of Topliss-reactive ketones (excluding diaryl/α,β-unsaturated/α-hetero) is 1. The first-order valence-electron chi connectivity index (χ1n) is 7.97. The SMILES string of the molecule is CC(=O)C/C=C/c1c[nH]c2ncnc(OC3CCC(F)(F)CC3)c12. The van der Waals surface area contributed by atoms with Crippen molar-refractivity contribution >= 4 is 22.9 Å². The fourth-order valence-electron chi connectivity index (χ4n) is 2.82. The second-order valence-corrected chi connectivity index (χ2v) is 6.13. The number of hydrogen-bond donors (Lipinski definition) is 1. The van der Waals surface area contributed by atoms with Crippen LogP contribution in [0.2, 0.25) is 0 Å². The van der Waals surface area contributed by atoms with E-state index < -0.39 is 5.92 Å². The van der Waals surface area contributed by atoms with Gasteiger partial charge in [-0.2, -0.15) is 0 Å². The number of ketones is 1. The summed E-state index contributed by atoms with van der Waals surface area (Å²) in [7, 11) is 0. The van der Waals surface area contributed by atoms with Crippen molar-refractivity contribution in [2.75, 3.05) is 0 Å². The number of carbonyl (C=O) groups excluding carboxylic acids is 1. The van der Waals surface area contributed by atoms with E-state index in [-0.39, 0.29) is 24.7 Å². The Morgan fingerprint density at radius 1 is 1.42 bits per heavy atom. The molecule has 24 heavy (non-hydrogen) atoms. The number of nitrogens with zero attached hydrogens (tertiary/aromatic N) is 2. The molecular formula is C17H19F2N3O2. The monoisotopic (exact) mass is 335 g/mol. The van der Waals surface area contributed by atoms with Crippen molar-refractivity contribution in [2.45, 2.75) is 51.1 Å². The number of halogens is 2. The van der Waals surface area contributed by atoms with Gasteiger partial charge in [-0.05, 0) is 19.8 Å². The van der Waals surface area contributed by atoms with Crippen molar-refractivity contribution < 1.29 is 18.3 Å². The molecule has 2 aromatic rings. The predicted molar refractivity (Wildman–Crippen MR) is 86.1 cm³/mol. The van der Waals surface area contributed by atoms with Crippen LogP contribution >= 0.6 is 0 Å². The fourth-order valence-corrected chi connectivity index (χ4v) is 2.82. The minimum Gasteiger partial charge on any atom is -0.474 e. The van der Waals surface area contributed by atoms with Crippen molar-refractivity contribution in [3.8, 4) is 5.88 Å². The number of aromatic nitrogens is 3. The summed E-state index contributed by atoms with van der Waals surface area (Å²) in [6, 6.07) is 0. The number of nitrogens with one attached hydrogen (secondary N) is 1. The summed E-state index contributed by atoms with van der Waals surface area (Å²) in [5.74, 6) is -2.13. The Hall–Kier alpha value is -2.31. The highest BCUT2D eigenvalue weighted by Crippen LogP contribution is 2.36. The van der Waals surface area contributed by atoms with Gasteiger partial charge in [0.1, 0.15) is 23.9 Å². The van der Waals surface area contributed by atoms with Crippen molar-refractivity contribution in [3.63, 3.8) is 0 Å². The largest absolute Gasteiger partial charge is 0.474 e. The van der Waals surface area contributed by atoms with E-state index in [4.69, 9.17) is 4.74 Å². The summed E-state index contributed by atoms with van der Waals surface area (Å²) in [4.78, 5) is 22.4. The van der Waals surface area contributed by atoms with E-state index in [1.165, 1.54) is 13.3 Å². The number of aromatic amines is 1. The summed E-state index contributed by atoms with van der Waals surface area (Å²) >= 11 is 0. The van der Waals surface area contributed by atoms with E-state index in [1.807, 2.05) is 6.08 Å². The molecule has 1 aliphatic carbocycles. The van der Waals surface area contributed by atoms with Gasteiger partial charge in [-0.3, -0.25) is 4.79 Å². The molecule has 0 saturated heterocycles. The molecule has 1 fully saturated rings. The smallest absolute Gasteiger partial charge is 0.248 e. The normalized spacial score (nSPS) is 18.3. The zero-order chi connectivity index (χ0) is 17.2. The van der Waals surface area contributed by atoms with Gasteiger partial charge >= 0.3 is 0 Å². The fraction of sp³-hybridized carbons (Fsp3) is 0.471. The molecule has 128 valence electrons. The van der Waals surface area contributed by atoms with Crippen LogP contribution in [0.1, 0.15) is 44.6 Å². The van der Waals surface area contributed by atoms with Crippen LogP contribution in [0, 0.1) is 0 Å². The Balaban J connectivity index is 1.81. The lowest BCUT2D eigenvalue weighted by molar-refractivity contribution is -0.116. The van der Waals surface area contributed by atoms with Crippen LogP contribution in [0.4, 0.5) is 8.78 Å². The average molecular weight is 335 g/mol. The van der Waals surface area contributed by atoms with Crippen LogP contribution in [-0.4, -0.2) is 32.8 Å².